The summed E-state index contributed by atoms with van der Waals surface area (Å²) in [5, 5.41) is 2.72. The van der Waals surface area contributed by atoms with E-state index in [1.54, 1.807) is 39.0 Å². The monoisotopic (exact) mass is 249 g/mol. The highest BCUT2D eigenvalue weighted by Gasteiger charge is 2.35. The normalized spacial score (nSPS) is 16.3. The van der Waals surface area contributed by atoms with Crippen molar-refractivity contribution in [3.05, 3.63) is 23.8 Å². The van der Waals surface area contributed by atoms with Crippen molar-refractivity contribution in [3.63, 3.8) is 0 Å². The van der Waals surface area contributed by atoms with E-state index in [1.807, 2.05) is 0 Å². The second-order valence-corrected chi connectivity index (χ2v) is 4.50. The predicted molar refractivity (Wildman–Crippen MR) is 65.7 cm³/mol. The van der Waals surface area contributed by atoms with Gasteiger partial charge in [-0.1, -0.05) is 0 Å². The molecule has 2 rings (SSSR count). The largest absolute Gasteiger partial charge is 0.476 e. The maximum atomic E-state index is 11.7. The van der Waals surface area contributed by atoms with E-state index in [9.17, 15) is 9.59 Å². The van der Waals surface area contributed by atoms with Crippen molar-refractivity contribution in [2.45, 2.75) is 26.4 Å². The number of fused-ring (bicyclic) bond motifs is 1. The van der Waals surface area contributed by atoms with Crippen LogP contribution in [0, 0.1) is 0 Å². The molecule has 0 unspecified atom stereocenters. The van der Waals surface area contributed by atoms with E-state index in [4.69, 9.17) is 9.47 Å². The predicted octanol–water partition coefficient (Wildman–Crippen LogP) is 1.97. The van der Waals surface area contributed by atoms with Crippen molar-refractivity contribution in [1.82, 2.24) is 0 Å². The van der Waals surface area contributed by atoms with E-state index in [0.29, 0.717) is 23.6 Å². The first kappa shape index (κ1) is 12.4. The SMILES string of the molecule is CCOC(=O)c1ccc2c(c1)NC(=O)C(C)(C)O2. The summed E-state index contributed by atoms with van der Waals surface area (Å²) in [6, 6.07) is 4.83. The Morgan fingerprint density at radius 2 is 2.17 bits per heavy atom. The lowest BCUT2D eigenvalue weighted by Gasteiger charge is -2.31. The van der Waals surface area contributed by atoms with Crippen LogP contribution in [0.3, 0.4) is 0 Å². The number of rotatable bonds is 2. The Labute approximate surface area is 105 Å². The number of hydrogen-bond donors (Lipinski definition) is 1. The summed E-state index contributed by atoms with van der Waals surface area (Å²) in [7, 11) is 0. The first-order valence-electron chi connectivity index (χ1n) is 5.75. The molecule has 0 bridgehead atoms. The fraction of sp³-hybridized carbons (Fsp3) is 0.385. The highest BCUT2D eigenvalue weighted by atomic mass is 16.5. The smallest absolute Gasteiger partial charge is 0.338 e. The third-order valence-corrected chi connectivity index (χ3v) is 2.65. The zero-order valence-electron chi connectivity index (χ0n) is 10.6. The van der Waals surface area contributed by atoms with E-state index in [-0.39, 0.29) is 5.91 Å². The molecule has 5 heteroatoms. The molecule has 1 amide bonds. The molecule has 1 aromatic rings. The summed E-state index contributed by atoms with van der Waals surface area (Å²) in [5.74, 6) is -0.108. The molecule has 0 spiro atoms. The van der Waals surface area contributed by atoms with Gasteiger partial charge in [-0.25, -0.2) is 4.79 Å². The van der Waals surface area contributed by atoms with Gasteiger partial charge in [0.25, 0.3) is 5.91 Å². The van der Waals surface area contributed by atoms with Crippen molar-refractivity contribution in [1.29, 1.82) is 0 Å². The first-order valence-corrected chi connectivity index (χ1v) is 5.75. The van der Waals surface area contributed by atoms with Crippen LogP contribution in [0.5, 0.6) is 5.75 Å². The molecule has 0 atom stereocenters. The van der Waals surface area contributed by atoms with Crippen molar-refractivity contribution in [2.75, 3.05) is 11.9 Å². The summed E-state index contributed by atoms with van der Waals surface area (Å²) in [5.41, 5.74) is -0.0255. The van der Waals surface area contributed by atoms with Crippen LogP contribution in [0.1, 0.15) is 31.1 Å². The quantitative estimate of drug-likeness (QED) is 0.814. The summed E-state index contributed by atoms with van der Waals surface area (Å²) >= 11 is 0. The summed E-state index contributed by atoms with van der Waals surface area (Å²) in [4.78, 5) is 23.3. The van der Waals surface area contributed by atoms with Crippen LogP contribution < -0.4 is 10.1 Å². The Morgan fingerprint density at radius 3 is 2.83 bits per heavy atom. The average Bonchev–Trinajstić information content (AvgIpc) is 2.30. The van der Waals surface area contributed by atoms with Gasteiger partial charge in [0.2, 0.25) is 0 Å². The lowest BCUT2D eigenvalue weighted by molar-refractivity contribution is -0.129. The van der Waals surface area contributed by atoms with Gasteiger partial charge in [0.15, 0.2) is 5.60 Å². The number of nitrogens with one attached hydrogen (secondary N) is 1. The molecule has 0 aliphatic carbocycles. The number of ether oxygens (including phenoxy) is 2. The average molecular weight is 249 g/mol. The molecular formula is C13H15NO4. The molecule has 0 saturated heterocycles. The Kier molecular flexibility index (Phi) is 2.98. The Balaban J connectivity index is 2.32. The number of carbonyl (C=O) groups excluding carboxylic acids is 2. The van der Waals surface area contributed by atoms with Crippen LogP contribution in [-0.4, -0.2) is 24.1 Å². The van der Waals surface area contributed by atoms with E-state index >= 15 is 0 Å². The molecule has 1 aliphatic heterocycles. The highest BCUT2D eigenvalue weighted by Crippen LogP contribution is 2.34. The van der Waals surface area contributed by atoms with Crippen LogP contribution in [0.25, 0.3) is 0 Å². The van der Waals surface area contributed by atoms with E-state index in [1.165, 1.54) is 0 Å². The highest BCUT2D eigenvalue weighted by molar-refractivity contribution is 6.01. The van der Waals surface area contributed by atoms with Gasteiger partial charge in [0, 0.05) is 0 Å². The summed E-state index contributed by atoms with van der Waals surface area (Å²) in [6.07, 6.45) is 0. The minimum absolute atomic E-state index is 0.240. The van der Waals surface area contributed by atoms with Gasteiger partial charge in [-0.15, -0.1) is 0 Å². The van der Waals surface area contributed by atoms with Crippen molar-refractivity contribution >= 4 is 17.6 Å². The Bertz CT molecular complexity index is 508. The molecule has 0 fully saturated rings. The van der Waals surface area contributed by atoms with Crippen LogP contribution in [0.2, 0.25) is 0 Å². The molecule has 1 heterocycles. The van der Waals surface area contributed by atoms with Crippen LogP contribution in [0.15, 0.2) is 18.2 Å². The number of carbonyl (C=O) groups is 2. The van der Waals surface area contributed by atoms with E-state index in [2.05, 4.69) is 5.32 Å². The summed E-state index contributed by atoms with van der Waals surface area (Å²) in [6.45, 7) is 5.42. The minimum atomic E-state index is -0.904. The number of benzene rings is 1. The molecule has 0 radical (unpaired) electrons. The molecule has 5 nitrogen and oxygen atoms in total. The van der Waals surface area contributed by atoms with Crippen LogP contribution in [0.4, 0.5) is 5.69 Å². The molecule has 18 heavy (non-hydrogen) atoms. The van der Waals surface area contributed by atoms with Crippen molar-refractivity contribution in [3.8, 4) is 5.75 Å². The first-order chi connectivity index (χ1) is 8.44. The lowest BCUT2D eigenvalue weighted by Crippen LogP contribution is -2.45. The molecular weight excluding hydrogens is 234 g/mol. The Morgan fingerprint density at radius 1 is 1.44 bits per heavy atom. The van der Waals surface area contributed by atoms with Crippen LogP contribution >= 0.6 is 0 Å². The maximum Gasteiger partial charge on any atom is 0.338 e. The molecule has 96 valence electrons. The molecule has 0 aromatic heterocycles. The van der Waals surface area contributed by atoms with Crippen molar-refractivity contribution in [2.24, 2.45) is 0 Å². The summed E-state index contributed by atoms with van der Waals surface area (Å²) < 4.78 is 10.5. The van der Waals surface area contributed by atoms with Crippen LogP contribution in [-0.2, 0) is 9.53 Å². The molecule has 1 aliphatic rings. The topological polar surface area (TPSA) is 64.6 Å². The standard InChI is InChI=1S/C13H15NO4/c1-4-17-11(15)8-5-6-10-9(7-8)14-12(16)13(2,3)18-10/h5-7H,4H2,1-3H3,(H,14,16). The number of anilines is 1. The third kappa shape index (κ3) is 2.16. The van der Waals surface area contributed by atoms with E-state index < -0.39 is 11.6 Å². The van der Waals surface area contributed by atoms with Gasteiger partial charge in [-0.3, -0.25) is 4.79 Å². The maximum absolute atomic E-state index is 11.7. The zero-order chi connectivity index (χ0) is 13.3. The zero-order valence-corrected chi connectivity index (χ0v) is 10.6. The molecule has 1 N–H and O–H groups in total. The lowest BCUT2D eigenvalue weighted by atomic mass is 10.0. The minimum Gasteiger partial charge on any atom is -0.476 e. The van der Waals surface area contributed by atoms with Gasteiger partial charge in [0.05, 0.1) is 17.9 Å². The molecule has 1 aromatic carbocycles. The number of amides is 1. The molecule has 0 saturated carbocycles. The number of esters is 1. The van der Waals surface area contributed by atoms with Gasteiger partial charge in [-0.05, 0) is 39.0 Å². The third-order valence-electron chi connectivity index (χ3n) is 2.65. The second-order valence-electron chi connectivity index (χ2n) is 4.50. The van der Waals surface area contributed by atoms with Gasteiger partial charge < -0.3 is 14.8 Å². The van der Waals surface area contributed by atoms with Crippen molar-refractivity contribution < 1.29 is 19.1 Å². The van der Waals surface area contributed by atoms with Gasteiger partial charge >= 0.3 is 5.97 Å². The fourth-order valence-electron chi connectivity index (χ4n) is 1.65. The van der Waals surface area contributed by atoms with E-state index in [0.717, 1.165) is 0 Å². The second kappa shape index (κ2) is 4.33. The number of hydrogen-bond acceptors (Lipinski definition) is 4. The van der Waals surface area contributed by atoms with Gasteiger partial charge in [0.1, 0.15) is 5.75 Å². The fourth-order valence-corrected chi connectivity index (χ4v) is 1.65. The van der Waals surface area contributed by atoms with Gasteiger partial charge in [-0.2, -0.15) is 0 Å². The Hall–Kier alpha value is -2.04.